The molecule has 0 aromatic heterocycles. The van der Waals surface area contributed by atoms with Crippen LogP contribution in [-0.4, -0.2) is 30.4 Å². The van der Waals surface area contributed by atoms with E-state index in [0.717, 1.165) is 12.2 Å². The molecule has 1 aliphatic heterocycles. The van der Waals surface area contributed by atoms with Gasteiger partial charge in [0.25, 0.3) is 0 Å². The Hall–Kier alpha value is -2.06. The maximum absolute atomic E-state index is 4.19. The minimum atomic E-state index is 0.871. The fourth-order valence-electron chi connectivity index (χ4n) is 2.53. The van der Waals surface area contributed by atoms with Gasteiger partial charge >= 0.3 is 0 Å². The summed E-state index contributed by atoms with van der Waals surface area (Å²) in [4.78, 5) is 4.41. The molecule has 2 rings (SSSR count). The zero-order valence-corrected chi connectivity index (χ0v) is 14.4. The summed E-state index contributed by atoms with van der Waals surface area (Å²) < 4.78 is 0. The summed E-state index contributed by atoms with van der Waals surface area (Å²) in [5, 5.41) is 0. The van der Waals surface area contributed by atoms with Crippen LogP contribution in [-0.2, 0) is 0 Å². The molecule has 0 aliphatic carbocycles. The number of benzene rings is 1. The third-order valence-corrected chi connectivity index (χ3v) is 3.86. The highest BCUT2D eigenvalue weighted by molar-refractivity contribution is 5.68. The van der Waals surface area contributed by atoms with Gasteiger partial charge in [-0.25, -0.2) is 0 Å². The third kappa shape index (κ3) is 3.77. The Kier molecular flexibility index (Phi) is 5.04. The molecular formula is C20H26N2. The molecule has 0 unspecified atom stereocenters. The van der Waals surface area contributed by atoms with Crippen LogP contribution in [0.4, 0.5) is 0 Å². The van der Waals surface area contributed by atoms with E-state index < -0.39 is 0 Å². The first-order valence-electron chi connectivity index (χ1n) is 7.64. The van der Waals surface area contributed by atoms with Crippen molar-refractivity contribution in [3.63, 3.8) is 0 Å². The van der Waals surface area contributed by atoms with Crippen LogP contribution in [0.3, 0.4) is 0 Å². The Morgan fingerprint density at radius 3 is 2.32 bits per heavy atom. The molecule has 0 atom stereocenters. The van der Waals surface area contributed by atoms with Crippen LogP contribution in [0.15, 0.2) is 66.2 Å². The van der Waals surface area contributed by atoms with Gasteiger partial charge < -0.3 is 9.80 Å². The van der Waals surface area contributed by atoms with E-state index in [2.05, 4.69) is 93.9 Å². The van der Waals surface area contributed by atoms with Crippen molar-refractivity contribution in [1.82, 2.24) is 9.80 Å². The van der Waals surface area contributed by atoms with E-state index in [1.807, 2.05) is 0 Å². The smallest absolute Gasteiger partial charge is 0.0401 e. The van der Waals surface area contributed by atoms with E-state index >= 15 is 0 Å². The highest BCUT2D eigenvalue weighted by Crippen LogP contribution is 2.28. The number of hydrogen-bond donors (Lipinski definition) is 0. The number of aryl methyl sites for hydroxylation is 1. The first kappa shape index (κ1) is 16.3. The van der Waals surface area contributed by atoms with Crippen molar-refractivity contribution in [2.24, 2.45) is 0 Å². The lowest BCUT2D eigenvalue weighted by Gasteiger charge is -2.31. The van der Waals surface area contributed by atoms with E-state index in [-0.39, 0.29) is 0 Å². The highest BCUT2D eigenvalue weighted by atomic mass is 15.2. The monoisotopic (exact) mass is 294 g/mol. The highest BCUT2D eigenvalue weighted by Gasteiger charge is 2.16. The van der Waals surface area contributed by atoms with Crippen LogP contribution in [0.25, 0.3) is 5.57 Å². The van der Waals surface area contributed by atoms with Gasteiger partial charge in [-0.15, -0.1) is 0 Å². The van der Waals surface area contributed by atoms with Gasteiger partial charge in [-0.2, -0.15) is 0 Å². The molecule has 0 amide bonds. The van der Waals surface area contributed by atoms with E-state index in [1.54, 1.807) is 0 Å². The van der Waals surface area contributed by atoms with Crippen molar-refractivity contribution in [2.45, 2.75) is 20.8 Å². The average molecular weight is 294 g/mol. The molecule has 1 aromatic carbocycles. The Morgan fingerprint density at radius 2 is 1.73 bits per heavy atom. The Labute approximate surface area is 134 Å². The Morgan fingerprint density at radius 1 is 1.09 bits per heavy atom. The molecule has 1 aromatic rings. The molecule has 0 fully saturated rings. The number of rotatable bonds is 4. The van der Waals surface area contributed by atoms with E-state index in [4.69, 9.17) is 0 Å². The fraction of sp³-hybridized carbons (Fsp3) is 0.300. The summed E-state index contributed by atoms with van der Waals surface area (Å²) in [5.41, 5.74) is 7.34. The lowest BCUT2D eigenvalue weighted by molar-refractivity contribution is 0.401. The van der Waals surface area contributed by atoms with Crippen molar-refractivity contribution in [3.05, 3.63) is 77.3 Å². The summed E-state index contributed by atoms with van der Waals surface area (Å²) in [6, 6.07) is 8.72. The molecule has 0 bridgehead atoms. The Balaban J connectivity index is 2.49. The van der Waals surface area contributed by atoms with Gasteiger partial charge in [-0.1, -0.05) is 42.5 Å². The molecule has 0 spiro atoms. The van der Waals surface area contributed by atoms with Crippen LogP contribution in [0, 0.1) is 6.92 Å². The standard InChI is InChI=1S/C20H26N2/c1-15-8-11-19(12-9-15)18(4)20(14-21(5)6)22-13-16(2)7-10-17(22)3/h7-13H,3,14H2,1-2,4-6H3/b20-18+. The van der Waals surface area contributed by atoms with Crippen LogP contribution < -0.4 is 0 Å². The molecule has 1 heterocycles. The van der Waals surface area contributed by atoms with Gasteiger partial charge in [0, 0.05) is 24.1 Å². The molecule has 0 saturated heterocycles. The minimum absolute atomic E-state index is 0.871. The van der Waals surface area contributed by atoms with Crippen molar-refractivity contribution >= 4 is 5.57 Å². The predicted octanol–water partition coefficient (Wildman–Crippen LogP) is 4.58. The van der Waals surface area contributed by atoms with Crippen LogP contribution in [0.2, 0.25) is 0 Å². The van der Waals surface area contributed by atoms with Crippen LogP contribution in [0.1, 0.15) is 25.0 Å². The lowest BCUT2D eigenvalue weighted by atomic mass is 10.0. The number of nitrogens with zero attached hydrogens (tertiary/aromatic N) is 2. The second-order valence-corrected chi connectivity index (χ2v) is 6.24. The molecule has 2 heteroatoms. The van der Waals surface area contributed by atoms with Gasteiger partial charge in [0.05, 0.1) is 0 Å². The van der Waals surface area contributed by atoms with Crippen LogP contribution in [0.5, 0.6) is 0 Å². The van der Waals surface area contributed by atoms with Crippen molar-refractivity contribution < 1.29 is 0 Å². The van der Waals surface area contributed by atoms with Crippen LogP contribution >= 0.6 is 0 Å². The first-order chi connectivity index (χ1) is 10.4. The number of allylic oxidation sites excluding steroid dienone is 4. The predicted molar refractivity (Wildman–Crippen MR) is 96.2 cm³/mol. The third-order valence-electron chi connectivity index (χ3n) is 3.86. The van der Waals surface area contributed by atoms with Gasteiger partial charge in [0.15, 0.2) is 0 Å². The van der Waals surface area contributed by atoms with Crippen molar-refractivity contribution in [3.8, 4) is 0 Å². The molecule has 116 valence electrons. The average Bonchev–Trinajstić information content (AvgIpc) is 2.47. The topological polar surface area (TPSA) is 6.48 Å². The van der Waals surface area contributed by atoms with E-state index in [0.29, 0.717) is 0 Å². The van der Waals surface area contributed by atoms with Crippen molar-refractivity contribution in [1.29, 1.82) is 0 Å². The molecule has 0 radical (unpaired) electrons. The van der Waals surface area contributed by atoms with Crippen molar-refractivity contribution in [2.75, 3.05) is 20.6 Å². The zero-order valence-electron chi connectivity index (χ0n) is 14.4. The molecule has 0 N–H and O–H groups in total. The second kappa shape index (κ2) is 6.80. The lowest BCUT2D eigenvalue weighted by Crippen LogP contribution is -2.27. The summed E-state index contributed by atoms with van der Waals surface area (Å²) in [6.07, 6.45) is 6.35. The largest absolute Gasteiger partial charge is 0.320 e. The summed E-state index contributed by atoms with van der Waals surface area (Å²) in [6.45, 7) is 11.5. The Bertz CT molecular complexity index is 643. The SMILES string of the molecule is C=C1C=CC(C)=CN1/C(CN(C)C)=C(\C)c1ccc(C)cc1. The minimum Gasteiger partial charge on any atom is -0.320 e. The number of likely N-dealkylation sites (N-methyl/N-ethyl adjacent to an activating group) is 1. The molecule has 22 heavy (non-hydrogen) atoms. The van der Waals surface area contributed by atoms with Gasteiger partial charge in [-0.05, 0) is 57.7 Å². The quantitative estimate of drug-likeness (QED) is 0.802. The van der Waals surface area contributed by atoms with Gasteiger partial charge in [-0.3, -0.25) is 0 Å². The normalized spacial score (nSPS) is 16.0. The molecular weight excluding hydrogens is 268 g/mol. The number of hydrogen-bond acceptors (Lipinski definition) is 2. The van der Waals surface area contributed by atoms with Gasteiger partial charge in [0.1, 0.15) is 0 Å². The van der Waals surface area contributed by atoms with Gasteiger partial charge in [0.2, 0.25) is 0 Å². The maximum atomic E-state index is 4.19. The maximum Gasteiger partial charge on any atom is 0.0401 e. The summed E-state index contributed by atoms with van der Waals surface area (Å²) in [7, 11) is 4.20. The summed E-state index contributed by atoms with van der Waals surface area (Å²) >= 11 is 0. The fourth-order valence-corrected chi connectivity index (χ4v) is 2.53. The van der Waals surface area contributed by atoms with E-state index in [1.165, 1.54) is 28.0 Å². The summed E-state index contributed by atoms with van der Waals surface area (Å²) in [5.74, 6) is 0. The second-order valence-electron chi connectivity index (χ2n) is 6.24. The zero-order chi connectivity index (χ0) is 16.3. The molecule has 1 aliphatic rings. The van der Waals surface area contributed by atoms with E-state index in [9.17, 15) is 0 Å². The molecule has 0 saturated carbocycles. The molecule has 2 nitrogen and oxygen atoms in total. The first-order valence-corrected chi connectivity index (χ1v) is 7.64.